The number of imidazole rings is 1. The number of aromatic amines is 1. The number of hydrogen-bond acceptors (Lipinski definition) is 5. The van der Waals surface area contributed by atoms with E-state index in [4.69, 9.17) is 15.5 Å². The van der Waals surface area contributed by atoms with Crippen LogP contribution in [0.2, 0.25) is 0 Å². The van der Waals surface area contributed by atoms with Crippen molar-refractivity contribution in [3.05, 3.63) is 59.9 Å². The minimum atomic E-state index is -0.644. The summed E-state index contributed by atoms with van der Waals surface area (Å²) in [7, 11) is 1.65. The number of nitrogens with zero attached hydrogens (tertiary/aromatic N) is 3. The van der Waals surface area contributed by atoms with Gasteiger partial charge in [-0.25, -0.2) is 4.98 Å². The largest absolute Gasteiger partial charge is 0.497 e. The normalized spacial score (nSPS) is 22.4. The van der Waals surface area contributed by atoms with E-state index in [1.165, 1.54) is 0 Å². The molecule has 0 saturated heterocycles. The van der Waals surface area contributed by atoms with Gasteiger partial charge in [-0.3, -0.25) is 9.98 Å². The summed E-state index contributed by atoms with van der Waals surface area (Å²) in [6.45, 7) is 0. The summed E-state index contributed by atoms with van der Waals surface area (Å²) in [4.78, 5) is 16.6. The monoisotopic (exact) mass is 333 g/mol. The summed E-state index contributed by atoms with van der Waals surface area (Å²) in [5, 5.41) is 0. The van der Waals surface area contributed by atoms with Crippen LogP contribution in [0.15, 0.2) is 58.8 Å². The van der Waals surface area contributed by atoms with Crippen LogP contribution in [-0.2, 0) is 12.0 Å². The van der Waals surface area contributed by atoms with Crippen molar-refractivity contribution >= 4 is 23.5 Å². The second-order valence-corrected chi connectivity index (χ2v) is 6.10. The number of methoxy groups -OCH3 is 1. The first-order valence-electron chi connectivity index (χ1n) is 8.10. The minimum Gasteiger partial charge on any atom is -0.497 e. The Morgan fingerprint density at radius 2 is 2.00 bits per heavy atom. The van der Waals surface area contributed by atoms with Gasteiger partial charge in [-0.1, -0.05) is 18.2 Å². The first-order valence-corrected chi connectivity index (χ1v) is 8.10. The van der Waals surface area contributed by atoms with E-state index in [2.05, 4.69) is 27.1 Å². The van der Waals surface area contributed by atoms with E-state index in [9.17, 15) is 0 Å². The lowest BCUT2D eigenvalue weighted by atomic mass is 9.81. The molecule has 4 rings (SSSR count). The molecule has 0 radical (unpaired) electrons. The fourth-order valence-corrected chi connectivity index (χ4v) is 3.28. The van der Waals surface area contributed by atoms with E-state index >= 15 is 0 Å². The van der Waals surface area contributed by atoms with E-state index in [1.54, 1.807) is 25.9 Å². The molecule has 2 unspecified atom stereocenters. The highest BCUT2D eigenvalue weighted by Crippen LogP contribution is 2.36. The second kappa shape index (κ2) is 6.14. The SMILES string of the molecule is COc1ccc(C2(Cc3ccc4nc[nH]c4c3)N=CC=NC2N)cc1. The van der Waals surface area contributed by atoms with Crippen molar-refractivity contribution in [3.8, 4) is 5.75 Å². The average Bonchev–Trinajstić information content (AvgIpc) is 3.11. The molecule has 2 heterocycles. The minimum absolute atomic E-state index is 0.455. The Hall–Kier alpha value is -2.99. The van der Waals surface area contributed by atoms with Crippen molar-refractivity contribution in [2.24, 2.45) is 15.7 Å². The van der Waals surface area contributed by atoms with E-state index in [1.807, 2.05) is 30.3 Å². The van der Waals surface area contributed by atoms with Gasteiger partial charge >= 0.3 is 0 Å². The number of H-pyrrole nitrogens is 1. The fourth-order valence-electron chi connectivity index (χ4n) is 3.28. The van der Waals surface area contributed by atoms with Crippen molar-refractivity contribution in [1.29, 1.82) is 0 Å². The van der Waals surface area contributed by atoms with Gasteiger partial charge in [0.05, 0.1) is 24.5 Å². The molecule has 1 aliphatic heterocycles. The van der Waals surface area contributed by atoms with Gasteiger partial charge in [0.15, 0.2) is 0 Å². The van der Waals surface area contributed by atoms with Crippen LogP contribution >= 0.6 is 0 Å². The zero-order valence-electron chi connectivity index (χ0n) is 13.9. The first kappa shape index (κ1) is 15.5. The molecule has 0 spiro atoms. The average molecular weight is 333 g/mol. The molecule has 0 saturated carbocycles. The number of nitrogens with one attached hydrogen (secondary N) is 1. The molecule has 126 valence electrons. The lowest BCUT2D eigenvalue weighted by molar-refractivity contribution is 0.360. The summed E-state index contributed by atoms with van der Waals surface area (Å²) >= 11 is 0. The highest BCUT2D eigenvalue weighted by atomic mass is 16.5. The van der Waals surface area contributed by atoms with Gasteiger partial charge in [0.2, 0.25) is 0 Å². The number of nitrogens with two attached hydrogens (primary N) is 1. The zero-order chi connectivity index (χ0) is 17.3. The summed E-state index contributed by atoms with van der Waals surface area (Å²) in [6, 6.07) is 14.0. The van der Waals surface area contributed by atoms with Crippen molar-refractivity contribution < 1.29 is 4.74 Å². The third-order valence-corrected chi connectivity index (χ3v) is 4.66. The predicted molar refractivity (Wildman–Crippen MR) is 99.4 cm³/mol. The summed E-state index contributed by atoms with van der Waals surface area (Å²) in [5.41, 5.74) is 9.83. The van der Waals surface area contributed by atoms with E-state index < -0.39 is 11.7 Å². The van der Waals surface area contributed by atoms with E-state index in [-0.39, 0.29) is 0 Å². The molecule has 2 atom stereocenters. The number of aromatic nitrogens is 2. The van der Waals surface area contributed by atoms with Gasteiger partial charge in [0.1, 0.15) is 17.5 Å². The maximum Gasteiger partial charge on any atom is 0.127 e. The topological polar surface area (TPSA) is 88.6 Å². The Bertz CT molecular complexity index is 944. The molecule has 6 heteroatoms. The number of rotatable bonds is 4. The van der Waals surface area contributed by atoms with Crippen LogP contribution in [-0.4, -0.2) is 35.7 Å². The quantitative estimate of drug-likeness (QED) is 0.768. The number of hydrogen-bond donors (Lipinski definition) is 2. The van der Waals surface area contributed by atoms with Crippen LogP contribution in [0, 0.1) is 0 Å². The highest BCUT2D eigenvalue weighted by molar-refractivity contribution is 6.16. The van der Waals surface area contributed by atoms with Crippen LogP contribution in [0.5, 0.6) is 5.75 Å². The Morgan fingerprint density at radius 3 is 2.76 bits per heavy atom. The third kappa shape index (κ3) is 2.70. The number of ether oxygens (including phenoxy) is 1. The van der Waals surface area contributed by atoms with Crippen LogP contribution in [0.1, 0.15) is 11.1 Å². The van der Waals surface area contributed by atoms with Gasteiger partial charge in [-0.05, 0) is 35.4 Å². The van der Waals surface area contributed by atoms with Gasteiger partial charge in [0.25, 0.3) is 0 Å². The summed E-state index contributed by atoms with van der Waals surface area (Å²) < 4.78 is 5.26. The Morgan fingerprint density at radius 1 is 1.16 bits per heavy atom. The van der Waals surface area contributed by atoms with Crippen molar-refractivity contribution in [3.63, 3.8) is 0 Å². The molecule has 2 aromatic carbocycles. The van der Waals surface area contributed by atoms with E-state index in [0.717, 1.165) is 27.9 Å². The molecule has 0 bridgehead atoms. The van der Waals surface area contributed by atoms with Crippen LogP contribution in [0.25, 0.3) is 11.0 Å². The Kier molecular flexibility index (Phi) is 3.82. The Balaban J connectivity index is 1.77. The van der Waals surface area contributed by atoms with Crippen molar-refractivity contribution in [1.82, 2.24) is 9.97 Å². The lowest BCUT2D eigenvalue weighted by Gasteiger charge is -2.35. The molecule has 1 aromatic heterocycles. The molecule has 1 aliphatic rings. The lowest BCUT2D eigenvalue weighted by Crippen LogP contribution is -2.46. The molecule has 0 aliphatic carbocycles. The standard InChI is InChI=1S/C19H19N5O/c1-25-15-5-3-14(4-6-15)19(18(20)21-8-9-24-19)11-13-2-7-16-17(10-13)23-12-22-16/h2-10,12,18H,11,20H2,1H3,(H,22,23). The van der Waals surface area contributed by atoms with Gasteiger partial charge in [0, 0.05) is 18.9 Å². The molecule has 0 fully saturated rings. The number of benzene rings is 2. The molecule has 25 heavy (non-hydrogen) atoms. The molecule has 3 aromatic rings. The molecule has 3 N–H and O–H groups in total. The maximum atomic E-state index is 6.39. The zero-order valence-corrected chi connectivity index (χ0v) is 13.9. The summed E-state index contributed by atoms with van der Waals surface area (Å²) in [5.74, 6) is 0.801. The molecular weight excluding hydrogens is 314 g/mol. The van der Waals surface area contributed by atoms with Gasteiger partial charge < -0.3 is 15.5 Å². The molecule has 0 amide bonds. The van der Waals surface area contributed by atoms with Crippen molar-refractivity contribution in [2.75, 3.05) is 7.11 Å². The summed E-state index contributed by atoms with van der Waals surface area (Å²) in [6.07, 6.45) is 5.27. The Labute approximate surface area is 145 Å². The van der Waals surface area contributed by atoms with Gasteiger partial charge in [-0.15, -0.1) is 0 Å². The third-order valence-electron chi connectivity index (χ3n) is 4.66. The maximum absolute atomic E-state index is 6.39. The second-order valence-electron chi connectivity index (χ2n) is 6.10. The van der Waals surface area contributed by atoms with E-state index in [0.29, 0.717) is 6.42 Å². The van der Waals surface area contributed by atoms with Gasteiger partial charge in [-0.2, -0.15) is 0 Å². The number of aliphatic imine (C=N–C) groups is 2. The smallest absolute Gasteiger partial charge is 0.127 e. The molecule has 6 nitrogen and oxygen atoms in total. The number of fused-ring (bicyclic) bond motifs is 1. The van der Waals surface area contributed by atoms with Crippen molar-refractivity contribution in [2.45, 2.75) is 18.1 Å². The fraction of sp³-hybridized carbons (Fsp3) is 0.211. The molecular formula is C19H19N5O. The van der Waals surface area contributed by atoms with Crippen LogP contribution in [0.4, 0.5) is 0 Å². The highest BCUT2D eigenvalue weighted by Gasteiger charge is 2.39. The van der Waals surface area contributed by atoms with Crippen LogP contribution < -0.4 is 10.5 Å². The predicted octanol–water partition coefficient (Wildman–Crippen LogP) is 2.45. The first-order chi connectivity index (χ1) is 12.2. The van der Waals surface area contributed by atoms with Crippen LogP contribution in [0.3, 0.4) is 0 Å².